The van der Waals surface area contributed by atoms with E-state index in [9.17, 15) is 18.3 Å². The van der Waals surface area contributed by atoms with Crippen molar-refractivity contribution in [3.05, 3.63) is 12.2 Å². The number of halogens is 3. The largest absolute Gasteiger partial charge is 0.414 e. The van der Waals surface area contributed by atoms with Crippen molar-refractivity contribution in [3.8, 4) is 0 Å². The van der Waals surface area contributed by atoms with E-state index >= 15 is 0 Å². The van der Waals surface area contributed by atoms with E-state index in [4.69, 9.17) is 0 Å². The topological polar surface area (TPSA) is 23.5 Å². The number of rotatable bonds is 1. The molecule has 0 amide bonds. The Hall–Kier alpha value is -0.550. The summed E-state index contributed by atoms with van der Waals surface area (Å²) < 4.78 is 37.7. The van der Waals surface area contributed by atoms with Crippen molar-refractivity contribution in [2.45, 2.75) is 49.5 Å². The highest BCUT2D eigenvalue weighted by Crippen LogP contribution is 2.46. The molecule has 5 heteroatoms. The molecule has 0 aromatic heterocycles. The zero-order chi connectivity index (χ0) is 12.1. The van der Waals surface area contributed by atoms with Crippen LogP contribution in [0.15, 0.2) is 12.2 Å². The van der Waals surface area contributed by atoms with Gasteiger partial charge in [0.2, 0.25) is 0 Å². The SMILES string of the molecule is C=C(C(F)(F)F)C1(O)CC2CCC(C1)N2C. The molecule has 2 fully saturated rings. The number of alkyl halides is 3. The van der Waals surface area contributed by atoms with Crippen molar-refractivity contribution in [1.82, 2.24) is 4.90 Å². The number of nitrogens with zero attached hydrogens (tertiary/aromatic N) is 1. The average molecular weight is 235 g/mol. The molecule has 2 rings (SSSR count). The normalized spacial score (nSPS) is 40.1. The minimum Gasteiger partial charge on any atom is -0.385 e. The third-order valence-corrected chi connectivity index (χ3v) is 4.04. The lowest BCUT2D eigenvalue weighted by Crippen LogP contribution is -2.52. The van der Waals surface area contributed by atoms with E-state index in [1.54, 1.807) is 0 Å². The van der Waals surface area contributed by atoms with E-state index in [2.05, 4.69) is 11.5 Å². The molecule has 2 bridgehead atoms. The molecule has 16 heavy (non-hydrogen) atoms. The molecule has 2 saturated heterocycles. The first-order chi connectivity index (χ1) is 7.24. The molecule has 1 N–H and O–H groups in total. The van der Waals surface area contributed by atoms with Gasteiger partial charge in [-0.25, -0.2) is 0 Å². The molecule has 0 aromatic rings. The van der Waals surface area contributed by atoms with Crippen molar-refractivity contribution in [2.24, 2.45) is 0 Å². The fourth-order valence-electron chi connectivity index (χ4n) is 2.96. The van der Waals surface area contributed by atoms with Gasteiger partial charge in [0.05, 0.1) is 11.2 Å². The highest BCUT2D eigenvalue weighted by atomic mass is 19.4. The summed E-state index contributed by atoms with van der Waals surface area (Å²) in [6.07, 6.45) is -2.45. The smallest absolute Gasteiger partial charge is 0.385 e. The van der Waals surface area contributed by atoms with Gasteiger partial charge in [0.1, 0.15) is 0 Å². The Morgan fingerprint density at radius 2 is 1.75 bits per heavy atom. The van der Waals surface area contributed by atoms with Crippen LogP contribution in [0.5, 0.6) is 0 Å². The highest BCUT2D eigenvalue weighted by Gasteiger charge is 2.53. The van der Waals surface area contributed by atoms with Crippen molar-refractivity contribution < 1.29 is 18.3 Å². The predicted molar refractivity (Wildman–Crippen MR) is 54.0 cm³/mol. The van der Waals surface area contributed by atoms with Crippen LogP contribution in [0.3, 0.4) is 0 Å². The molecule has 2 heterocycles. The summed E-state index contributed by atoms with van der Waals surface area (Å²) in [5, 5.41) is 10.1. The first kappa shape index (κ1) is 11.9. The standard InChI is InChI=1S/C11H16F3NO/c1-7(11(12,13)14)10(16)5-8-3-4-9(6-10)15(8)2/h8-9,16H,1,3-6H2,2H3. The van der Waals surface area contributed by atoms with Crippen LogP contribution in [0.4, 0.5) is 13.2 Å². The Kier molecular flexibility index (Phi) is 2.58. The van der Waals surface area contributed by atoms with Gasteiger partial charge >= 0.3 is 6.18 Å². The van der Waals surface area contributed by atoms with Crippen LogP contribution in [0, 0.1) is 0 Å². The molecule has 2 aliphatic rings. The lowest BCUT2D eigenvalue weighted by molar-refractivity contribution is -0.132. The Morgan fingerprint density at radius 3 is 2.12 bits per heavy atom. The molecule has 0 radical (unpaired) electrons. The second kappa shape index (κ2) is 3.47. The van der Waals surface area contributed by atoms with Crippen molar-refractivity contribution >= 4 is 0 Å². The molecule has 2 nitrogen and oxygen atoms in total. The van der Waals surface area contributed by atoms with Gasteiger partial charge in [-0.1, -0.05) is 6.58 Å². The molecule has 2 aliphatic heterocycles. The fraction of sp³-hybridized carbons (Fsp3) is 0.818. The summed E-state index contributed by atoms with van der Waals surface area (Å²) in [4.78, 5) is 2.08. The number of hydrogen-bond donors (Lipinski definition) is 1. The van der Waals surface area contributed by atoms with E-state index in [1.165, 1.54) is 0 Å². The minimum atomic E-state index is -4.50. The summed E-state index contributed by atoms with van der Waals surface area (Å²) in [5.41, 5.74) is -2.73. The van der Waals surface area contributed by atoms with Crippen LogP contribution >= 0.6 is 0 Å². The third-order valence-electron chi connectivity index (χ3n) is 4.04. The van der Waals surface area contributed by atoms with Crippen LogP contribution < -0.4 is 0 Å². The average Bonchev–Trinajstić information content (AvgIpc) is 2.40. The zero-order valence-corrected chi connectivity index (χ0v) is 9.22. The predicted octanol–water partition coefficient (Wildman–Crippen LogP) is 2.09. The number of piperidine rings is 1. The number of aliphatic hydroxyl groups is 1. The summed E-state index contributed by atoms with van der Waals surface area (Å²) in [6.45, 7) is 3.05. The Bertz CT molecular complexity index is 299. The van der Waals surface area contributed by atoms with Crippen LogP contribution in [0.2, 0.25) is 0 Å². The van der Waals surface area contributed by atoms with E-state index in [0.717, 1.165) is 12.8 Å². The molecule has 0 saturated carbocycles. The molecular weight excluding hydrogens is 219 g/mol. The molecule has 0 spiro atoms. The summed E-state index contributed by atoms with van der Waals surface area (Å²) in [7, 11) is 1.91. The van der Waals surface area contributed by atoms with Gasteiger partial charge < -0.3 is 10.0 Å². The quantitative estimate of drug-likeness (QED) is 0.703. The summed E-state index contributed by atoms with van der Waals surface area (Å²) >= 11 is 0. The van der Waals surface area contributed by atoms with Crippen molar-refractivity contribution in [2.75, 3.05) is 7.05 Å². The summed E-state index contributed by atoms with van der Waals surface area (Å²) in [6, 6.07) is 0.116. The number of fused-ring (bicyclic) bond motifs is 2. The highest BCUT2D eigenvalue weighted by molar-refractivity contribution is 5.22. The van der Waals surface area contributed by atoms with E-state index < -0.39 is 17.4 Å². The lowest BCUT2D eigenvalue weighted by atomic mass is 9.80. The maximum atomic E-state index is 12.6. The van der Waals surface area contributed by atoms with Crippen LogP contribution in [-0.4, -0.2) is 40.9 Å². The lowest BCUT2D eigenvalue weighted by Gasteiger charge is -2.43. The van der Waals surface area contributed by atoms with Crippen LogP contribution in [-0.2, 0) is 0 Å². The van der Waals surface area contributed by atoms with Gasteiger partial charge in [-0.2, -0.15) is 13.2 Å². The molecule has 92 valence electrons. The first-order valence-electron chi connectivity index (χ1n) is 5.45. The first-order valence-corrected chi connectivity index (χ1v) is 5.45. The van der Waals surface area contributed by atoms with Crippen LogP contribution in [0.25, 0.3) is 0 Å². The van der Waals surface area contributed by atoms with Gasteiger partial charge in [-0.15, -0.1) is 0 Å². The van der Waals surface area contributed by atoms with E-state index in [1.807, 2.05) is 7.05 Å². The molecule has 2 unspecified atom stereocenters. The minimum absolute atomic E-state index is 0.0582. The van der Waals surface area contributed by atoms with E-state index in [0.29, 0.717) is 0 Å². The van der Waals surface area contributed by atoms with Gasteiger partial charge in [-0.05, 0) is 32.7 Å². The Labute approximate surface area is 92.7 Å². The maximum Gasteiger partial charge on any atom is 0.414 e. The Morgan fingerprint density at radius 1 is 1.31 bits per heavy atom. The second-order valence-electron chi connectivity index (χ2n) is 4.97. The molecule has 0 aliphatic carbocycles. The summed E-state index contributed by atoms with van der Waals surface area (Å²) in [5.74, 6) is 0. The van der Waals surface area contributed by atoms with Gasteiger partial charge in [0, 0.05) is 12.1 Å². The van der Waals surface area contributed by atoms with Crippen molar-refractivity contribution in [1.29, 1.82) is 0 Å². The maximum absolute atomic E-state index is 12.6. The van der Waals surface area contributed by atoms with E-state index in [-0.39, 0.29) is 24.9 Å². The monoisotopic (exact) mass is 235 g/mol. The zero-order valence-electron chi connectivity index (χ0n) is 9.22. The van der Waals surface area contributed by atoms with Gasteiger partial charge in [0.25, 0.3) is 0 Å². The van der Waals surface area contributed by atoms with Crippen molar-refractivity contribution in [3.63, 3.8) is 0 Å². The fourth-order valence-corrected chi connectivity index (χ4v) is 2.96. The molecule has 2 atom stereocenters. The molecule has 0 aromatic carbocycles. The second-order valence-corrected chi connectivity index (χ2v) is 4.97. The Balaban J connectivity index is 2.20. The third kappa shape index (κ3) is 1.76. The van der Waals surface area contributed by atoms with Crippen LogP contribution in [0.1, 0.15) is 25.7 Å². The number of hydrogen-bond acceptors (Lipinski definition) is 2. The van der Waals surface area contributed by atoms with Gasteiger partial charge in [-0.3, -0.25) is 0 Å². The molecular formula is C11H16F3NO. The van der Waals surface area contributed by atoms with Gasteiger partial charge in [0.15, 0.2) is 0 Å².